The molecule has 4 aromatic rings. The quantitative estimate of drug-likeness (QED) is 0.309. The predicted octanol–water partition coefficient (Wildman–Crippen LogP) is 4.39. The summed E-state index contributed by atoms with van der Waals surface area (Å²) in [6, 6.07) is 11.7. The molecule has 0 aliphatic rings. The Labute approximate surface area is 188 Å². The molecule has 4 rings (SSSR count). The van der Waals surface area contributed by atoms with Gasteiger partial charge in [0.15, 0.2) is 12.4 Å². The highest BCUT2D eigenvalue weighted by Gasteiger charge is 2.12. The van der Waals surface area contributed by atoms with Crippen molar-refractivity contribution in [3.63, 3.8) is 0 Å². The van der Waals surface area contributed by atoms with E-state index in [1.807, 2.05) is 0 Å². The van der Waals surface area contributed by atoms with Crippen LogP contribution in [0.2, 0.25) is 5.02 Å². The monoisotopic (exact) mass is 501 g/mol. The first-order chi connectivity index (χ1) is 15.0. The number of aromatic nitrogens is 1. The second kappa shape index (κ2) is 9.15. The molecule has 1 amide bonds. The molecule has 31 heavy (non-hydrogen) atoms. The Balaban J connectivity index is 1.42. The summed E-state index contributed by atoms with van der Waals surface area (Å²) >= 11 is 9.32. The van der Waals surface area contributed by atoms with Gasteiger partial charge in [0.1, 0.15) is 17.6 Å². The van der Waals surface area contributed by atoms with E-state index in [1.54, 1.807) is 36.4 Å². The standard InChI is InChI=1S/C21H13BrClN3O5/c22-13-1-3-17(15(7-13)19-5-6-25-31-19)30-11-20(27)26-24-9-12-10-29-18-4-2-14(23)8-16(18)21(12)28/h1-10H,11H2,(H,26,27)/b24-9+. The van der Waals surface area contributed by atoms with Gasteiger partial charge in [-0.3, -0.25) is 9.59 Å². The lowest BCUT2D eigenvalue weighted by Gasteiger charge is -2.09. The van der Waals surface area contributed by atoms with Gasteiger partial charge in [0.25, 0.3) is 5.91 Å². The molecule has 10 heteroatoms. The Morgan fingerprint density at radius 1 is 1.26 bits per heavy atom. The smallest absolute Gasteiger partial charge is 0.277 e. The molecule has 0 spiro atoms. The number of halogens is 2. The van der Waals surface area contributed by atoms with Crippen molar-refractivity contribution in [1.82, 2.24) is 10.6 Å². The summed E-state index contributed by atoms with van der Waals surface area (Å²) in [6.45, 7) is -0.304. The summed E-state index contributed by atoms with van der Waals surface area (Å²) in [5.74, 6) is 0.417. The third-order valence-corrected chi connectivity index (χ3v) is 4.89. The molecule has 1 N–H and O–H groups in total. The zero-order chi connectivity index (χ0) is 21.8. The normalized spacial score (nSPS) is 11.2. The number of fused-ring (bicyclic) bond motifs is 1. The summed E-state index contributed by atoms with van der Waals surface area (Å²) < 4.78 is 17.0. The fourth-order valence-corrected chi connectivity index (χ4v) is 3.27. The fraction of sp³-hybridized carbons (Fsp3) is 0.0476. The number of hydrogen-bond donors (Lipinski definition) is 1. The van der Waals surface area contributed by atoms with E-state index in [9.17, 15) is 9.59 Å². The average molecular weight is 503 g/mol. The SMILES string of the molecule is O=C(COc1ccc(Br)cc1-c1ccno1)N/N=C/c1coc2ccc(Cl)cc2c1=O. The first-order valence-corrected chi connectivity index (χ1v) is 10.0. The number of nitrogens with zero attached hydrogens (tertiary/aromatic N) is 2. The Kier molecular flexibility index (Phi) is 6.15. The number of amides is 1. The number of hydrogen-bond acceptors (Lipinski definition) is 7. The molecule has 0 fully saturated rings. The maximum Gasteiger partial charge on any atom is 0.277 e. The van der Waals surface area contributed by atoms with Gasteiger partial charge in [-0.25, -0.2) is 5.43 Å². The van der Waals surface area contributed by atoms with Crippen LogP contribution in [0.5, 0.6) is 5.75 Å². The topological polar surface area (TPSA) is 107 Å². The highest BCUT2D eigenvalue weighted by Crippen LogP contribution is 2.32. The van der Waals surface area contributed by atoms with E-state index in [0.29, 0.717) is 33.1 Å². The van der Waals surface area contributed by atoms with Crippen molar-refractivity contribution < 1.29 is 18.5 Å². The molecule has 0 saturated heterocycles. The van der Waals surface area contributed by atoms with Crippen LogP contribution in [0.4, 0.5) is 0 Å². The maximum atomic E-state index is 12.5. The van der Waals surface area contributed by atoms with Gasteiger partial charge in [-0.15, -0.1) is 0 Å². The van der Waals surface area contributed by atoms with E-state index >= 15 is 0 Å². The van der Waals surface area contributed by atoms with Gasteiger partial charge in [-0.2, -0.15) is 5.10 Å². The zero-order valence-electron chi connectivity index (χ0n) is 15.7. The molecule has 8 nitrogen and oxygen atoms in total. The number of hydrazone groups is 1. The van der Waals surface area contributed by atoms with E-state index in [4.69, 9.17) is 25.3 Å². The number of carbonyl (C=O) groups is 1. The van der Waals surface area contributed by atoms with Gasteiger partial charge in [0.2, 0.25) is 5.43 Å². The molecule has 0 unspecified atom stereocenters. The number of carbonyl (C=O) groups excluding carboxylic acids is 1. The van der Waals surface area contributed by atoms with E-state index in [0.717, 1.165) is 4.47 Å². The highest BCUT2D eigenvalue weighted by atomic mass is 79.9. The predicted molar refractivity (Wildman–Crippen MR) is 118 cm³/mol. The first kappa shape index (κ1) is 20.8. The average Bonchev–Trinajstić information content (AvgIpc) is 3.29. The van der Waals surface area contributed by atoms with Crippen LogP contribution < -0.4 is 15.6 Å². The van der Waals surface area contributed by atoms with Crippen molar-refractivity contribution in [3.8, 4) is 17.1 Å². The van der Waals surface area contributed by atoms with Crippen LogP contribution in [0.15, 0.2) is 78.2 Å². The number of benzene rings is 2. The van der Waals surface area contributed by atoms with Gasteiger partial charge in [-0.05, 0) is 36.4 Å². The molecule has 0 atom stereocenters. The Morgan fingerprint density at radius 2 is 2.13 bits per heavy atom. The minimum Gasteiger partial charge on any atom is -0.483 e. The van der Waals surface area contributed by atoms with Crippen molar-refractivity contribution in [3.05, 3.63) is 80.2 Å². The van der Waals surface area contributed by atoms with Crippen molar-refractivity contribution in [2.75, 3.05) is 6.61 Å². The maximum absolute atomic E-state index is 12.5. The number of rotatable bonds is 6. The minimum absolute atomic E-state index is 0.163. The molecule has 2 aromatic heterocycles. The van der Waals surface area contributed by atoms with Crippen LogP contribution in [0.3, 0.4) is 0 Å². The van der Waals surface area contributed by atoms with Crippen molar-refractivity contribution in [2.45, 2.75) is 0 Å². The van der Waals surface area contributed by atoms with Gasteiger partial charge in [0, 0.05) is 15.6 Å². The zero-order valence-corrected chi connectivity index (χ0v) is 18.0. The number of ether oxygens (including phenoxy) is 1. The lowest BCUT2D eigenvalue weighted by Crippen LogP contribution is -2.25. The van der Waals surface area contributed by atoms with Gasteiger partial charge in [-0.1, -0.05) is 32.7 Å². The molecule has 0 aliphatic heterocycles. The summed E-state index contributed by atoms with van der Waals surface area (Å²) in [4.78, 5) is 24.6. The van der Waals surface area contributed by atoms with E-state index in [1.165, 1.54) is 24.7 Å². The van der Waals surface area contributed by atoms with Gasteiger partial charge >= 0.3 is 0 Å². The second-order valence-electron chi connectivity index (χ2n) is 6.26. The van der Waals surface area contributed by atoms with Gasteiger partial charge < -0.3 is 13.7 Å². The van der Waals surface area contributed by atoms with Crippen LogP contribution in [0.25, 0.3) is 22.3 Å². The van der Waals surface area contributed by atoms with E-state index < -0.39 is 5.91 Å². The second-order valence-corrected chi connectivity index (χ2v) is 7.61. The Morgan fingerprint density at radius 3 is 2.94 bits per heavy atom. The molecule has 2 heterocycles. The molecule has 2 aromatic carbocycles. The van der Waals surface area contributed by atoms with Crippen LogP contribution in [0.1, 0.15) is 5.56 Å². The lowest BCUT2D eigenvalue weighted by atomic mass is 10.1. The van der Waals surface area contributed by atoms with Crippen molar-refractivity contribution in [1.29, 1.82) is 0 Å². The molecule has 0 saturated carbocycles. The largest absolute Gasteiger partial charge is 0.483 e. The van der Waals surface area contributed by atoms with Crippen LogP contribution in [-0.2, 0) is 4.79 Å². The molecular formula is C21H13BrClN3O5. The summed E-state index contributed by atoms with van der Waals surface area (Å²) in [5.41, 5.74) is 3.19. The fourth-order valence-electron chi connectivity index (χ4n) is 2.73. The molecule has 0 radical (unpaired) electrons. The van der Waals surface area contributed by atoms with Crippen LogP contribution in [0, 0.1) is 0 Å². The summed E-state index contributed by atoms with van der Waals surface area (Å²) in [6.07, 6.45) is 3.97. The Hall–Kier alpha value is -3.43. The minimum atomic E-state index is -0.518. The number of nitrogens with one attached hydrogen (secondary N) is 1. The Bertz CT molecular complexity index is 1330. The third-order valence-electron chi connectivity index (χ3n) is 4.16. The van der Waals surface area contributed by atoms with Crippen molar-refractivity contribution >= 4 is 50.6 Å². The summed E-state index contributed by atoms with van der Waals surface area (Å²) in [7, 11) is 0. The first-order valence-electron chi connectivity index (χ1n) is 8.87. The molecule has 0 aliphatic carbocycles. The van der Waals surface area contributed by atoms with Crippen molar-refractivity contribution in [2.24, 2.45) is 5.10 Å². The van der Waals surface area contributed by atoms with E-state index in [2.05, 4.69) is 31.6 Å². The van der Waals surface area contributed by atoms with Gasteiger partial charge in [0.05, 0.1) is 28.9 Å². The molecule has 156 valence electrons. The van der Waals surface area contributed by atoms with Crippen LogP contribution >= 0.6 is 27.5 Å². The molecule has 0 bridgehead atoms. The lowest BCUT2D eigenvalue weighted by molar-refractivity contribution is -0.123. The summed E-state index contributed by atoms with van der Waals surface area (Å²) in [5, 5.41) is 8.21. The van der Waals surface area contributed by atoms with E-state index in [-0.39, 0.29) is 17.6 Å². The molecular weight excluding hydrogens is 490 g/mol. The third kappa shape index (κ3) is 4.84. The highest BCUT2D eigenvalue weighted by molar-refractivity contribution is 9.10. The van der Waals surface area contributed by atoms with Crippen LogP contribution in [-0.4, -0.2) is 23.9 Å².